The van der Waals surface area contributed by atoms with Crippen LogP contribution in [0.3, 0.4) is 0 Å². The van der Waals surface area contributed by atoms with Gasteiger partial charge in [-0.15, -0.1) is 0 Å². The zero-order chi connectivity index (χ0) is 25.8. The smallest absolute Gasteiger partial charge is 0.271 e. The molecule has 10 heteroatoms. The van der Waals surface area contributed by atoms with Crippen molar-refractivity contribution in [3.8, 4) is 0 Å². The largest absolute Gasteiger partial charge is 0.273 e. The predicted octanol–water partition coefficient (Wildman–Crippen LogP) is 6.11. The maximum Gasteiger partial charge on any atom is 0.271 e. The third-order valence-electron chi connectivity index (χ3n) is 6.68. The molecule has 2 heterocycles. The third-order valence-corrected chi connectivity index (χ3v) is 7.25. The van der Waals surface area contributed by atoms with Crippen LogP contribution >= 0.6 is 23.2 Å². The van der Waals surface area contributed by atoms with E-state index in [0.717, 1.165) is 15.7 Å². The topological polar surface area (TPSA) is 93.0 Å². The van der Waals surface area contributed by atoms with Crippen LogP contribution in [0.25, 0.3) is 10.8 Å². The first-order chi connectivity index (χ1) is 17.8. The van der Waals surface area contributed by atoms with E-state index < -0.39 is 34.8 Å². The van der Waals surface area contributed by atoms with Crippen molar-refractivity contribution in [1.82, 2.24) is 0 Å². The number of hydrogen-bond donors (Lipinski definition) is 0. The molecule has 37 heavy (non-hydrogen) atoms. The molecule has 0 bridgehead atoms. The number of hydroxylamine groups is 1. The molecule has 8 nitrogen and oxygen atoms in total. The third kappa shape index (κ3) is 3.81. The summed E-state index contributed by atoms with van der Waals surface area (Å²) in [7, 11) is 0. The van der Waals surface area contributed by atoms with Gasteiger partial charge in [-0.05, 0) is 46.7 Å². The number of nitro benzene ring substituents is 1. The van der Waals surface area contributed by atoms with Crippen molar-refractivity contribution in [2.45, 2.75) is 12.1 Å². The lowest BCUT2D eigenvalue weighted by molar-refractivity contribution is -0.384. The Hall–Kier alpha value is -3.98. The fourth-order valence-electron chi connectivity index (χ4n) is 5.01. The van der Waals surface area contributed by atoms with Crippen molar-refractivity contribution in [2.75, 3.05) is 9.96 Å². The summed E-state index contributed by atoms with van der Waals surface area (Å²) in [5.41, 5.74) is 1.10. The zero-order valence-corrected chi connectivity index (χ0v) is 20.5. The highest BCUT2D eigenvalue weighted by Gasteiger charge is 2.60. The van der Waals surface area contributed by atoms with E-state index in [1.165, 1.54) is 23.3 Å². The molecule has 0 N–H and O–H groups in total. The monoisotopic (exact) mass is 533 g/mol. The van der Waals surface area contributed by atoms with Crippen molar-refractivity contribution >= 4 is 62.9 Å². The molecule has 0 aliphatic carbocycles. The molecule has 0 radical (unpaired) electrons. The molecule has 2 aliphatic heterocycles. The number of halogens is 2. The average Bonchev–Trinajstić information content (AvgIpc) is 3.39. The molecule has 2 amide bonds. The van der Waals surface area contributed by atoms with Crippen molar-refractivity contribution in [3.63, 3.8) is 0 Å². The fourth-order valence-corrected chi connectivity index (χ4v) is 5.53. The molecule has 6 rings (SSSR count). The number of rotatable bonds is 4. The fraction of sp³-hybridized carbons (Fsp3) is 0.111. The molecule has 4 aromatic rings. The van der Waals surface area contributed by atoms with E-state index in [4.69, 9.17) is 28.0 Å². The van der Waals surface area contributed by atoms with E-state index in [1.54, 1.807) is 36.4 Å². The second-order valence-electron chi connectivity index (χ2n) is 8.81. The number of non-ortho nitro benzene ring substituents is 1. The van der Waals surface area contributed by atoms with Gasteiger partial charge in [-0.1, -0.05) is 65.7 Å². The zero-order valence-electron chi connectivity index (χ0n) is 19.0. The van der Waals surface area contributed by atoms with Crippen LogP contribution in [0.1, 0.15) is 11.6 Å². The molecule has 0 aromatic heterocycles. The molecule has 4 aromatic carbocycles. The highest BCUT2D eigenvalue weighted by atomic mass is 35.5. The van der Waals surface area contributed by atoms with Gasteiger partial charge >= 0.3 is 0 Å². The number of nitrogens with zero attached hydrogens (tertiary/aromatic N) is 3. The van der Waals surface area contributed by atoms with Gasteiger partial charge in [-0.3, -0.25) is 24.5 Å². The van der Waals surface area contributed by atoms with Crippen molar-refractivity contribution in [3.05, 3.63) is 111 Å². The second kappa shape index (κ2) is 8.85. The van der Waals surface area contributed by atoms with Gasteiger partial charge in [0.1, 0.15) is 5.92 Å². The highest BCUT2D eigenvalue weighted by Crippen LogP contribution is 2.49. The van der Waals surface area contributed by atoms with Gasteiger partial charge in [0.15, 0.2) is 6.10 Å². The average molecular weight is 534 g/mol. The van der Waals surface area contributed by atoms with E-state index in [-0.39, 0.29) is 10.7 Å². The first-order valence-electron chi connectivity index (χ1n) is 11.4. The first-order valence-corrected chi connectivity index (χ1v) is 12.1. The summed E-state index contributed by atoms with van der Waals surface area (Å²) in [6.45, 7) is 0. The van der Waals surface area contributed by atoms with E-state index in [1.807, 2.05) is 30.3 Å². The molecule has 184 valence electrons. The Kier molecular flexibility index (Phi) is 5.60. The Balaban J connectivity index is 1.45. The Morgan fingerprint density at radius 2 is 1.59 bits per heavy atom. The number of carbonyl (C=O) groups excluding carboxylic acids is 2. The molecule has 2 saturated heterocycles. The highest BCUT2D eigenvalue weighted by molar-refractivity contribution is 6.35. The Bertz CT molecular complexity index is 1610. The molecular formula is C27H17Cl2N3O5. The first kappa shape index (κ1) is 23.4. The van der Waals surface area contributed by atoms with Crippen LogP contribution in [0.5, 0.6) is 0 Å². The minimum Gasteiger partial charge on any atom is -0.273 e. The van der Waals surface area contributed by atoms with Crippen LogP contribution in [0.2, 0.25) is 10.0 Å². The molecule has 0 unspecified atom stereocenters. The van der Waals surface area contributed by atoms with Crippen molar-refractivity contribution in [1.29, 1.82) is 0 Å². The molecule has 2 fully saturated rings. The lowest BCUT2D eigenvalue weighted by atomic mass is 9.90. The van der Waals surface area contributed by atoms with Crippen LogP contribution in [0, 0.1) is 16.0 Å². The normalized spacial score (nSPS) is 21.1. The van der Waals surface area contributed by atoms with Crippen LogP contribution in [0.15, 0.2) is 84.9 Å². The summed E-state index contributed by atoms with van der Waals surface area (Å²) in [6, 6.07) is 22.8. The van der Waals surface area contributed by atoms with Crippen molar-refractivity contribution in [2.24, 2.45) is 5.92 Å². The van der Waals surface area contributed by atoms with E-state index in [0.29, 0.717) is 22.0 Å². The van der Waals surface area contributed by atoms with Crippen LogP contribution in [0.4, 0.5) is 17.1 Å². The van der Waals surface area contributed by atoms with Gasteiger partial charge in [0.2, 0.25) is 5.91 Å². The minimum absolute atomic E-state index is 0.158. The van der Waals surface area contributed by atoms with E-state index in [2.05, 4.69) is 0 Å². The van der Waals surface area contributed by atoms with Gasteiger partial charge in [-0.25, -0.2) is 9.96 Å². The summed E-state index contributed by atoms with van der Waals surface area (Å²) in [5.74, 6) is -1.92. The maximum absolute atomic E-state index is 13.9. The quantitative estimate of drug-likeness (QED) is 0.178. The van der Waals surface area contributed by atoms with Crippen LogP contribution < -0.4 is 9.96 Å². The number of carbonyl (C=O) groups is 2. The SMILES string of the molecule is O=C1[C@H]2[C@@H](c3ccc(Cl)cc3Cl)N(c3cccc([N+](=O)[O-])c3)O[C@H]2C(=O)N1c1ccc2ccccc2c1. The van der Waals surface area contributed by atoms with Crippen LogP contribution in [-0.2, 0) is 14.4 Å². The predicted molar refractivity (Wildman–Crippen MR) is 140 cm³/mol. The van der Waals surface area contributed by atoms with E-state index in [9.17, 15) is 19.7 Å². The Morgan fingerprint density at radius 3 is 2.35 bits per heavy atom. The van der Waals surface area contributed by atoms with Gasteiger partial charge in [0, 0.05) is 22.2 Å². The lowest BCUT2D eigenvalue weighted by Crippen LogP contribution is -2.37. The van der Waals surface area contributed by atoms with Gasteiger partial charge in [-0.2, -0.15) is 0 Å². The van der Waals surface area contributed by atoms with Gasteiger partial charge in [0.25, 0.3) is 11.6 Å². The van der Waals surface area contributed by atoms with Crippen LogP contribution in [-0.4, -0.2) is 22.8 Å². The number of amides is 2. The summed E-state index contributed by atoms with van der Waals surface area (Å²) < 4.78 is 0. The summed E-state index contributed by atoms with van der Waals surface area (Å²) in [6.07, 6.45) is -1.14. The standard InChI is InChI=1S/C27H17Cl2N3O5/c28-17-9-11-21(22(29)13-17)24-23-25(37-31(24)19-6-3-7-20(14-19)32(35)36)27(34)30(26(23)33)18-10-8-15-4-1-2-5-16(15)12-18/h1-14,23-25H/t23-,24+,25+/m0/s1. The lowest BCUT2D eigenvalue weighted by Gasteiger charge is -2.29. The molecule has 0 saturated carbocycles. The number of anilines is 2. The number of fused-ring (bicyclic) bond motifs is 2. The summed E-state index contributed by atoms with van der Waals surface area (Å²) in [5, 5.41) is 15.3. The van der Waals surface area contributed by atoms with E-state index >= 15 is 0 Å². The Morgan fingerprint density at radius 1 is 0.811 bits per heavy atom. The van der Waals surface area contributed by atoms with Gasteiger partial charge in [0.05, 0.1) is 22.3 Å². The molecular weight excluding hydrogens is 517 g/mol. The number of hydrogen-bond acceptors (Lipinski definition) is 6. The molecule has 0 spiro atoms. The van der Waals surface area contributed by atoms with Crippen molar-refractivity contribution < 1.29 is 19.3 Å². The Labute approximate surface area is 220 Å². The maximum atomic E-state index is 13.9. The number of imide groups is 1. The molecule has 3 atom stereocenters. The second-order valence-corrected chi connectivity index (χ2v) is 9.65. The number of nitro groups is 1. The summed E-state index contributed by atoms with van der Waals surface area (Å²) in [4.78, 5) is 45.6. The minimum atomic E-state index is -1.14. The summed E-state index contributed by atoms with van der Waals surface area (Å²) >= 11 is 12.7. The van der Waals surface area contributed by atoms with Gasteiger partial charge < -0.3 is 0 Å². The number of benzene rings is 4. The molecule has 2 aliphatic rings.